The first-order valence-electron chi connectivity index (χ1n) is 18.0. The first-order chi connectivity index (χ1) is 26.1. The molecule has 1 nitrogen and oxygen atoms in total. The van der Waals surface area contributed by atoms with Gasteiger partial charge in [-0.1, -0.05) is 184 Å². The molecule has 3 heteroatoms. The van der Waals surface area contributed by atoms with E-state index in [1.165, 1.54) is 61.2 Å². The van der Waals surface area contributed by atoms with Gasteiger partial charge in [0.05, 0.1) is 10.8 Å². The molecule has 0 saturated heterocycles. The highest BCUT2D eigenvalue weighted by Crippen LogP contribution is 2.68. The van der Waals surface area contributed by atoms with Crippen molar-refractivity contribution in [2.24, 2.45) is 0 Å². The summed E-state index contributed by atoms with van der Waals surface area (Å²) in [4.78, 5) is 0. The molecule has 0 radical (unpaired) electrons. The SMILES string of the molecule is Brc1ccc2c(c1)C(c1ccccc1)(c1ccccc1)c1c3c(c4c(oc5ccccc54)c1-2)-c1ccc(Br)cc1C3(c1ccccc1)c1ccccc1. The zero-order valence-electron chi connectivity index (χ0n) is 28.5. The highest BCUT2D eigenvalue weighted by atomic mass is 79.9. The Hall–Kier alpha value is -5.48. The number of furan rings is 1. The summed E-state index contributed by atoms with van der Waals surface area (Å²) in [5, 5.41) is 2.29. The third-order valence-corrected chi connectivity index (χ3v) is 12.7. The van der Waals surface area contributed by atoms with Gasteiger partial charge in [-0.05, 0) is 91.5 Å². The summed E-state index contributed by atoms with van der Waals surface area (Å²) in [5.74, 6) is 0. The van der Waals surface area contributed by atoms with Crippen molar-refractivity contribution >= 4 is 53.8 Å². The van der Waals surface area contributed by atoms with E-state index < -0.39 is 10.8 Å². The Morgan fingerprint density at radius 3 is 1.26 bits per heavy atom. The van der Waals surface area contributed by atoms with Crippen molar-refractivity contribution in [2.45, 2.75) is 10.8 Å². The molecule has 0 aliphatic heterocycles. The summed E-state index contributed by atoms with van der Waals surface area (Å²) in [6, 6.07) is 66.8. The lowest BCUT2D eigenvalue weighted by molar-refractivity contribution is 0.666. The Bertz CT molecular complexity index is 2810. The normalized spacial score (nSPS) is 14.5. The van der Waals surface area contributed by atoms with Gasteiger partial charge in [0.25, 0.3) is 0 Å². The number of halogens is 2. The van der Waals surface area contributed by atoms with E-state index in [0.29, 0.717) is 0 Å². The molecule has 0 N–H and O–H groups in total. The molecule has 2 aliphatic rings. The van der Waals surface area contributed by atoms with E-state index in [4.69, 9.17) is 4.42 Å². The lowest BCUT2D eigenvalue weighted by atomic mass is 9.60. The predicted octanol–water partition coefficient (Wildman–Crippen LogP) is 13.8. The van der Waals surface area contributed by atoms with Crippen LogP contribution < -0.4 is 0 Å². The molecule has 0 bridgehead atoms. The van der Waals surface area contributed by atoms with E-state index in [-0.39, 0.29) is 0 Å². The summed E-state index contributed by atoms with van der Waals surface area (Å²) < 4.78 is 9.26. The number of fused-ring (bicyclic) bond motifs is 12. The maximum absolute atomic E-state index is 7.17. The van der Waals surface area contributed by atoms with Gasteiger partial charge in [0.1, 0.15) is 11.2 Å². The summed E-state index contributed by atoms with van der Waals surface area (Å²) >= 11 is 7.90. The fourth-order valence-corrected chi connectivity index (χ4v) is 10.6. The van der Waals surface area contributed by atoms with Gasteiger partial charge < -0.3 is 4.42 Å². The first-order valence-corrected chi connectivity index (χ1v) is 19.6. The van der Waals surface area contributed by atoms with E-state index in [1.54, 1.807) is 0 Å². The Morgan fingerprint density at radius 1 is 0.396 bits per heavy atom. The second-order valence-electron chi connectivity index (χ2n) is 14.1. The topological polar surface area (TPSA) is 13.1 Å². The molecule has 0 fully saturated rings. The van der Waals surface area contributed by atoms with Crippen molar-refractivity contribution in [1.29, 1.82) is 0 Å². The van der Waals surface area contributed by atoms with Crippen LogP contribution in [0.15, 0.2) is 195 Å². The van der Waals surface area contributed by atoms with Crippen LogP contribution in [0.1, 0.15) is 44.5 Å². The second kappa shape index (κ2) is 11.5. The van der Waals surface area contributed by atoms with Crippen molar-refractivity contribution in [2.75, 3.05) is 0 Å². The average molecular weight is 807 g/mol. The van der Waals surface area contributed by atoms with Crippen molar-refractivity contribution in [3.8, 4) is 22.3 Å². The van der Waals surface area contributed by atoms with Gasteiger partial charge in [-0.25, -0.2) is 0 Å². The van der Waals surface area contributed by atoms with E-state index in [2.05, 4.69) is 214 Å². The number of rotatable bonds is 4. The first kappa shape index (κ1) is 31.1. The van der Waals surface area contributed by atoms with Gasteiger partial charge in [-0.3, -0.25) is 0 Å². The molecule has 0 spiro atoms. The van der Waals surface area contributed by atoms with Crippen LogP contribution in [0.25, 0.3) is 44.2 Å². The quantitative estimate of drug-likeness (QED) is 0.173. The molecular formula is C50H30Br2O. The smallest absolute Gasteiger partial charge is 0.144 e. The fourth-order valence-electron chi connectivity index (χ4n) is 9.88. The van der Waals surface area contributed by atoms with E-state index in [0.717, 1.165) is 36.4 Å². The zero-order chi connectivity index (χ0) is 35.3. The van der Waals surface area contributed by atoms with Gasteiger partial charge in [0, 0.05) is 25.3 Å². The number of hydrogen-bond donors (Lipinski definition) is 0. The maximum Gasteiger partial charge on any atom is 0.144 e. The lowest BCUT2D eigenvalue weighted by Gasteiger charge is -2.41. The van der Waals surface area contributed by atoms with Crippen molar-refractivity contribution < 1.29 is 4.42 Å². The highest BCUT2D eigenvalue weighted by Gasteiger charge is 2.57. The molecule has 0 saturated carbocycles. The van der Waals surface area contributed by atoms with Crippen LogP contribution in [0.3, 0.4) is 0 Å². The molecule has 53 heavy (non-hydrogen) atoms. The van der Waals surface area contributed by atoms with Crippen molar-refractivity contribution in [1.82, 2.24) is 0 Å². The number of benzene rings is 8. The van der Waals surface area contributed by atoms with Gasteiger partial charge in [-0.2, -0.15) is 0 Å². The summed E-state index contributed by atoms with van der Waals surface area (Å²) in [5.41, 5.74) is 15.2. The fraction of sp³-hybridized carbons (Fsp3) is 0.0400. The minimum atomic E-state index is -0.692. The third kappa shape index (κ3) is 4.02. The van der Waals surface area contributed by atoms with Crippen LogP contribution >= 0.6 is 31.9 Å². The predicted molar refractivity (Wildman–Crippen MR) is 224 cm³/mol. The van der Waals surface area contributed by atoms with Crippen molar-refractivity contribution in [3.05, 3.63) is 235 Å². The molecule has 9 aromatic rings. The molecule has 2 aliphatic carbocycles. The third-order valence-electron chi connectivity index (χ3n) is 11.7. The van der Waals surface area contributed by atoms with Crippen molar-refractivity contribution in [3.63, 3.8) is 0 Å². The van der Waals surface area contributed by atoms with E-state index >= 15 is 0 Å². The molecule has 1 heterocycles. The van der Waals surface area contributed by atoms with Crippen LogP contribution in [0.5, 0.6) is 0 Å². The zero-order valence-corrected chi connectivity index (χ0v) is 31.7. The highest BCUT2D eigenvalue weighted by molar-refractivity contribution is 9.10. The van der Waals surface area contributed by atoms with Gasteiger partial charge in [-0.15, -0.1) is 0 Å². The van der Waals surface area contributed by atoms with Crippen LogP contribution in [0.4, 0.5) is 0 Å². The number of para-hydroxylation sites is 1. The Kier molecular flexibility index (Phi) is 6.75. The molecule has 8 aromatic carbocycles. The van der Waals surface area contributed by atoms with Crippen LogP contribution in [-0.2, 0) is 10.8 Å². The molecule has 1 aromatic heterocycles. The van der Waals surface area contributed by atoms with E-state index in [9.17, 15) is 0 Å². The molecule has 0 atom stereocenters. The molecule has 11 rings (SSSR count). The molecule has 0 unspecified atom stereocenters. The molecule has 0 amide bonds. The van der Waals surface area contributed by atoms with E-state index in [1.807, 2.05) is 0 Å². The largest absolute Gasteiger partial charge is 0.455 e. The van der Waals surface area contributed by atoms with Gasteiger partial charge in [0.2, 0.25) is 0 Å². The summed E-state index contributed by atoms with van der Waals surface area (Å²) in [7, 11) is 0. The maximum atomic E-state index is 7.17. The lowest BCUT2D eigenvalue weighted by Crippen LogP contribution is -2.35. The standard InChI is InChI=1S/C50H30Br2O/c51-35-25-27-37-40(29-35)49(31-15-5-1-6-16-31,32-17-7-2-8-18-32)46-43(37)44-39-23-13-14-24-42(39)53-48(44)45-38-28-26-36(52)30-41(38)50(47(45)46,33-19-9-3-10-20-33)34-21-11-4-12-22-34/h1-30H. The van der Waals surface area contributed by atoms with Gasteiger partial charge >= 0.3 is 0 Å². The monoisotopic (exact) mass is 804 g/mol. The van der Waals surface area contributed by atoms with Crippen LogP contribution in [-0.4, -0.2) is 0 Å². The summed E-state index contributed by atoms with van der Waals surface area (Å²) in [6.45, 7) is 0. The van der Waals surface area contributed by atoms with Gasteiger partial charge in [0.15, 0.2) is 0 Å². The average Bonchev–Trinajstić information content (AvgIpc) is 3.84. The second-order valence-corrected chi connectivity index (χ2v) is 16.0. The number of hydrogen-bond acceptors (Lipinski definition) is 1. The minimum absolute atomic E-state index is 0.679. The Balaban J connectivity index is 1.50. The summed E-state index contributed by atoms with van der Waals surface area (Å²) in [6.07, 6.45) is 0. The van der Waals surface area contributed by atoms with Crippen LogP contribution in [0, 0.1) is 0 Å². The Labute approximate surface area is 324 Å². The molecule has 250 valence electrons. The Morgan fingerprint density at radius 2 is 0.792 bits per heavy atom. The molecular weight excluding hydrogens is 776 g/mol. The van der Waals surface area contributed by atoms with Crippen LogP contribution in [0.2, 0.25) is 0 Å². The minimum Gasteiger partial charge on any atom is -0.455 e.